The van der Waals surface area contributed by atoms with Gasteiger partial charge in [0, 0.05) is 31.2 Å². The Labute approximate surface area is 238 Å². The zero-order valence-electron chi connectivity index (χ0n) is 23.6. The van der Waals surface area contributed by atoms with Crippen LogP contribution in [0.2, 0.25) is 0 Å². The van der Waals surface area contributed by atoms with Gasteiger partial charge in [-0.2, -0.15) is 5.26 Å². The summed E-state index contributed by atoms with van der Waals surface area (Å²) in [5.74, 6) is 1.61. The lowest BCUT2D eigenvalue weighted by Crippen LogP contribution is -2.55. The van der Waals surface area contributed by atoms with Crippen LogP contribution in [-0.2, 0) is 16.6 Å². The first-order chi connectivity index (χ1) is 19.5. The maximum absolute atomic E-state index is 14.2. The molecule has 3 aromatic rings. The lowest BCUT2D eigenvalue weighted by molar-refractivity contribution is -0.138. The quantitative estimate of drug-likeness (QED) is 0.294. The Morgan fingerprint density at radius 2 is 1.60 bits per heavy atom. The van der Waals surface area contributed by atoms with Crippen LogP contribution in [-0.4, -0.2) is 37.1 Å². The van der Waals surface area contributed by atoms with Gasteiger partial charge in [-0.3, -0.25) is 4.79 Å². The average Bonchev–Trinajstić information content (AvgIpc) is 3.01. The van der Waals surface area contributed by atoms with E-state index in [4.69, 9.17) is 9.47 Å². The summed E-state index contributed by atoms with van der Waals surface area (Å²) in [7, 11) is 3.31. The number of nitrogens with zero attached hydrogens (tertiary/aromatic N) is 2. The lowest BCUT2D eigenvalue weighted by Gasteiger charge is -2.48. The fraction of sp³-hybridized carbons (Fsp3) is 0.371. The summed E-state index contributed by atoms with van der Waals surface area (Å²) in [6.07, 6.45) is 10.4. The van der Waals surface area contributed by atoms with Gasteiger partial charge in [-0.05, 0) is 66.5 Å². The fourth-order valence-electron chi connectivity index (χ4n) is 6.78. The number of carbonyl (C=O) groups is 1. The molecule has 1 spiro atoms. The lowest BCUT2D eigenvalue weighted by atomic mass is 9.68. The van der Waals surface area contributed by atoms with Crippen molar-refractivity contribution in [3.05, 3.63) is 101 Å². The molecule has 2 aliphatic rings. The summed E-state index contributed by atoms with van der Waals surface area (Å²) in [5, 5.41) is 9.57. The fourth-order valence-corrected chi connectivity index (χ4v) is 6.78. The van der Waals surface area contributed by atoms with E-state index in [-0.39, 0.29) is 11.4 Å². The molecule has 206 valence electrons. The van der Waals surface area contributed by atoms with E-state index in [0.717, 1.165) is 48.9 Å². The third kappa shape index (κ3) is 5.23. The highest BCUT2D eigenvalue weighted by Gasteiger charge is 2.43. The molecule has 5 heteroatoms. The highest BCUT2D eigenvalue weighted by molar-refractivity contribution is 5.79. The van der Waals surface area contributed by atoms with Gasteiger partial charge in [0.1, 0.15) is 0 Å². The van der Waals surface area contributed by atoms with E-state index in [0.29, 0.717) is 37.2 Å². The number of piperidine rings is 1. The van der Waals surface area contributed by atoms with Crippen LogP contribution in [0.25, 0.3) is 6.08 Å². The van der Waals surface area contributed by atoms with E-state index < -0.39 is 5.41 Å². The molecule has 1 aliphatic heterocycles. The molecule has 0 aromatic heterocycles. The van der Waals surface area contributed by atoms with Crippen LogP contribution in [0.1, 0.15) is 67.2 Å². The van der Waals surface area contributed by atoms with Crippen molar-refractivity contribution in [2.24, 2.45) is 0 Å². The van der Waals surface area contributed by atoms with E-state index in [2.05, 4.69) is 53.5 Å². The number of ether oxygens (including phenoxy) is 2. The second-order valence-electron chi connectivity index (χ2n) is 11.0. The summed E-state index contributed by atoms with van der Waals surface area (Å²) in [6, 6.07) is 27.2. The molecule has 1 fully saturated rings. The summed E-state index contributed by atoms with van der Waals surface area (Å²) < 4.78 is 11.1. The van der Waals surface area contributed by atoms with Gasteiger partial charge in [0.05, 0.1) is 25.8 Å². The number of nitriles is 1. The standard InChI is InChI=1S/C35H38N2O3/c1-39-31-24-27-16-20-34(26-28(27)25-32(31)40-2)18-9-10-23-37(34)33(38)17-21-35(19-11-22-36,29-12-5-3-6-13-29)30-14-7-4-8-15-30/h3-8,12-16,20,24-25H,9-11,17-19,21,23,26H2,1-2H3. The van der Waals surface area contributed by atoms with Crippen molar-refractivity contribution in [3.63, 3.8) is 0 Å². The summed E-state index contributed by atoms with van der Waals surface area (Å²) in [4.78, 5) is 16.3. The van der Waals surface area contributed by atoms with Gasteiger partial charge >= 0.3 is 0 Å². The van der Waals surface area contributed by atoms with Crippen LogP contribution in [0.3, 0.4) is 0 Å². The average molecular weight is 535 g/mol. The SMILES string of the molecule is COc1cc2c(cc1OC)CC1(C=C2)CCCCN1C(=O)CCC(CCC#N)(c1ccccc1)c1ccccc1. The second-order valence-corrected chi connectivity index (χ2v) is 11.0. The van der Waals surface area contributed by atoms with Crippen molar-refractivity contribution in [2.75, 3.05) is 20.8 Å². The van der Waals surface area contributed by atoms with Crippen LogP contribution in [0.4, 0.5) is 0 Å². The van der Waals surface area contributed by atoms with Crippen LogP contribution in [0.15, 0.2) is 78.9 Å². The number of amides is 1. The van der Waals surface area contributed by atoms with Gasteiger partial charge in [0.2, 0.25) is 5.91 Å². The molecule has 1 aliphatic carbocycles. The molecular weight excluding hydrogens is 496 g/mol. The molecule has 0 N–H and O–H groups in total. The number of hydrogen-bond acceptors (Lipinski definition) is 4. The van der Waals surface area contributed by atoms with Crippen molar-refractivity contribution < 1.29 is 14.3 Å². The van der Waals surface area contributed by atoms with Crippen molar-refractivity contribution in [1.29, 1.82) is 5.26 Å². The van der Waals surface area contributed by atoms with E-state index in [9.17, 15) is 10.1 Å². The molecule has 1 heterocycles. The molecule has 0 saturated carbocycles. The largest absolute Gasteiger partial charge is 0.493 e. The summed E-state index contributed by atoms with van der Waals surface area (Å²) in [6.45, 7) is 0.758. The molecule has 5 nitrogen and oxygen atoms in total. The number of carbonyl (C=O) groups excluding carboxylic acids is 1. The molecule has 3 aromatic carbocycles. The predicted octanol–water partition coefficient (Wildman–Crippen LogP) is 7.09. The molecule has 1 unspecified atom stereocenters. The Balaban J connectivity index is 1.45. The number of hydrogen-bond donors (Lipinski definition) is 0. The normalized spacial score (nSPS) is 18.2. The van der Waals surface area contributed by atoms with Crippen LogP contribution >= 0.6 is 0 Å². The Hall–Kier alpha value is -4.04. The van der Waals surface area contributed by atoms with Gasteiger partial charge in [0.15, 0.2) is 11.5 Å². The zero-order chi connectivity index (χ0) is 28.0. The molecule has 1 atom stereocenters. The van der Waals surface area contributed by atoms with Gasteiger partial charge in [0.25, 0.3) is 0 Å². The van der Waals surface area contributed by atoms with Crippen molar-refractivity contribution >= 4 is 12.0 Å². The Morgan fingerprint density at radius 1 is 0.950 bits per heavy atom. The van der Waals surface area contributed by atoms with Crippen LogP contribution in [0.5, 0.6) is 11.5 Å². The molecule has 40 heavy (non-hydrogen) atoms. The van der Waals surface area contributed by atoms with Gasteiger partial charge < -0.3 is 14.4 Å². The van der Waals surface area contributed by atoms with E-state index in [1.165, 1.54) is 5.56 Å². The Kier molecular flexibility index (Phi) is 8.26. The third-order valence-corrected chi connectivity index (χ3v) is 8.88. The van der Waals surface area contributed by atoms with E-state index in [1.54, 1.807) is 14.2 Å². The van der Waals surface area contributed by atoms with Crippen LogP contribution in [0, 0.1) is 11.3 Å². The smallest absolute Gasteiger partial charge is 0.223 e. The number of benzene rings is 3. The van der Waals surface area contributed by atoms with Gasteiger partial charge in [-0.25, -0.2) is 0 Å². The predicted molar refractivity (Wildman–Crippen MR) is 158 cm³/mol. The van der Waals surface area contributed by atoms with E-state index in [1.807, 2.05) is 42.5 Å². The maximum atomic E-state index is 14.2. The first-order valence-electron chi connectivity index (χ1n) is 14.3. The number of methoxy groups -OCH3 is 2. The van der Waals surface area contributed by atoms with E-state index >= 15 is 0 Å². The molecule has 0 bridgehead atoms. The Bertz CT molecular complexity index is 1350. The zero-order valence-corrected chi connectivity index (χ0v) is 23.6. The van der Waals surface area contributed by atoms with Crippen molar-refractivity contribution in [1.82, 2.24) is 4.90 Å². The van der Waals surface area contributed by atoms with Gasteiger partial charge in [-0.15, -0.1) is 0 Å². The molecule has 1 amide bonds. The maximum Gasteiger partial charge on any atom is 0.223 e. The first kappa shape index (κ1) is 27.5. The number of likely N-dealkylation sites (tertiary alicyclic amines) is 1. The first-order valence-corrected chi connectivity index (χ1v) is 14.3. The van der Waals surface area contributed by atoms with Gasteiger partial charge in [-0.1, -0.05) is 72.8 Å². The highest BCUT2D eigenvalue weighted by Crippen LogP contribution is 2.44. The molecule has 5 rings (SSSR count). The highest BCUT2D eigenvalue weighted by atomic mass is 16.5. The van der Waals surface area contributed by atoms with Crippen LogP contribution < -0.4 is 9.47 Å². The van der Waals surface area contributed by atoms with Crippen molar-refractivity contribution in [2.45, 2.75) is 62.3 Å². The molecule has 1 saturated heterocycles. The second kappa shape index (κ2) is 12.0. The minimum atomic E-state index is -0.407. The number of rotatable bonds is 9. The Morgan fingerprint density at radius 3 is 2.23 bits per heavy atom. The van der Waals surface area contributed by atoms with Crippen molar-refractivity contribution in [3.8, 4) is 17.6 Å². The summed E-state index contributed by atoms with van der Waals surface area (Å²) >= 11 is 0. The number of fused-ring (bicyclic) bond motifs is 1. The monoisotopic (exact) mass is 534 g/mol. The minimum absolute atomic E-state index is 0.182. The molecular formula is C35H38N2O3. The topological polar surface area (TPSA) is 62.6 Å². The summed E-state index contributed by atoms with van der Waals surface area (Å²) in [5.41, 5.74) is 3.86. The minimum Gasteiger partial charge on any atom is -0.493 e. The molecule has 0 radical (unpaired) electrons. The third-order valence-electron chi connectivity index (χ3n) is 8.88.